The van der Waals surface area contributed by atoms with Crippen LogP contribution < -0.4 is 18.1 Å². The van der Waals surface area contributed by atoms with Crippen LogP contribution in [0.3, 0.4) is 0 Å². The van der Waals surface area contributed by atoms with E-state index in [4.69, 9.17) is 27.1 Å². The Bertz CT molecular complexity index is 2460. The standard InChI is InChI=1S/C50H56O8P2/c1-33-17-13-18-34(2)45(33)50(11,12)58-59(51,54-46-35(3)19-14-20-36(46)4)53-44-31-27-42(28-32-44)41-25-29-43(30-26-41)49(9,10)57-60(52,55-47-37(5)21-15-22-38(47)6)56-48-39(7)23-16-24-40(48)8/h13-32H,1-12H3. The zero-order chi connectivity index (χ0) is 43.6. The lowest BCUT2D eigenvalue weighted by Crippen LogP contribution is -2.25. The Balaban J connectivity index is 1.25. The molecule has 0 amide bonds. The van der Waals surface area contributed by atoms with E-state index in [2.05, 4.69) is 0 Å². The third kappa shape index (κ3) is 10.1. The number of para-hydroxylation sites is 3. The molecule has 60 heavy (non-hydrogen) atoms. The Hall–Kier alpha value is -5.10. The zero-order valence-electron chi connectivity index (χ0n) is 36.7. The second-order valence-corrected chi connectivity index (χ2v) is 19.4. The highest BCUT2D eigenvalue weighted by Crippen LogP contribution is 2.58. The van der Waals surface area contributed by atoms with Crippen molar-refractivity contribution in [1.82, 2.24) is 0 Å². The van der Waals surface area contributed by atoms with Gasteiger partial charge >= 0.3 is 15.6 Å². The molecule has 10 heteroatoms. The number of phosphoric acid groups is 2. The van der Waals surface area contributed by atoms with Crippen LogP contribution in [0.15, 0.2) is 121 Å². The Morgan fingerprint density at radius 3 is 1.03 bits per heavy atom. The topological polar surface area (TPSA) is 89.5 Å². The van der Waals surface area contributed by atoms with Crippen molar-refractivity contribution in [2.24, 2.45) is 0 Å². The first-order valence-corrected chi connectivity index (χ1v) is 23.0. The van der Waals surface area contributed by atoms with Gasteiger partial charge in [-0.15, -0.1) is 0 Å². The van der Waals surface area contributed by atoms with Crippen LogP contribution in [-0.2, 0) is 29.4 Å². The van der Waals surface area contributed by atoms with Gasteiger partial charge in [0.2, 0.25) is 0 Å². The summed E-state index contributed by atoms with van der Waals surface area (Å²) in [7, 11) is -8.56. The van der Waals surface area contributed by atoms with Crippen molar-refractivity contribution in [3.63, 3.8) is 0 Å². The number of phosphoric ester groups is 2. The summed E-state index contributed by atoms with van der Waals surface area (Å²) < 4.78 is 67.4. The third-order valence-electron chi connectivity index (χ3n) is 10.6. The lowest BCUT2D eigenvalue weighted by atomic mass is 9.90. The van der Waals surface area contributed by atoms with E-state index in [-0.39, 0.29) is 0 Å². The molecular formula is C50H56O8P2. The average molecular weight is 847 g/mol. The molecular weight excluding hydrogens is 790 g/mol. The molecule has 0 bridgehead atoms. The molecule has 0 aromatic heterocycles. The predicted molar refractivity (Wildman–Crippen MR) is 241 cm³/mol. The molecule has 6 aromatic carbocycles. The van der Waals surface area contributed by atoms with Gasteiger partial charge in [-0.05, 0) is 162 Å². The van der Waals surface area contributed by atoms with Crippen LogP contribution in [0.4, 0.5) is 0 Å². The minimum absolute atomic E-state index is 0.320. The Kier molecular flexibility index (Phi) is 12.9. The monoisotopic (exact) mass is 846 g/mol. The average Bonchev–Trinajstić information content (AvgIpc) is 3.16. The zero-order valence-corrected chi connectivity index (χ0v) is 38.5. The molecule has 0 saturated carbocycles. The van der Waals surface area contributed by atoms with Gasteiger partial charge in [0.1, 0.15) is 34.2 Å². The van der Waals surface area contributed by atoms with E-state index in [0.717, 1.165) is 66.8 Å². The first-order valence-electron chi connectivity index (χ1n) is 20.1. The summed E-state index contributed by atoms with van der Waals surface area (Å²) in [5, 5.41) is 0. The molecule has 1 atom stereocenters. The summed E-state index contributed by atoms with van der Waals surface area (Å²) in [6.07, 6.45) is 0. The first-order chi connectivity index (χ1) is 28.2. The fraction of sp³-hybridized carbons (Fsp3) is 0.280. The van der Waals surface area contributed by atoms with Crippen molar-refractivity contribution in [2.45, 2.75) is 94.3 Å². The van der Waals surface area contributed by atoms with Crippen LogP contribution in [0.1, 0.15) is 83.3 Å². The molecule has 0 aliphatic carbocycles. The lowest BCUT2D eigenvalue weighted by molar-refractivity contribution is 0.0678. The summed E-state index contributed by atoms with van der Waals surface area (Å²) in [4.78, 5) is 0. The van der Waals surface area contributed by atoms with Gasteiger partial charge in [0.15, 0.2) is 0 Å². The summed E-state index contributed by atoms with van der Waals surface area (Å²) in [5.41, 5.74) is 8.24. The summed E-state index contributed by atoms with van der Waals surface area (Å²) in [6.45, 7) is 22.8. The molecule has 314 valence electrons. The van der Waals surface area contributed by atoms with Crippen LogP contribution in [0, 0.1) is 55.4 Å². The van der Waals surface area contributed by atoms with Gasteiger partial charge < -0.3 is 18.1 Å². The van der Waals surface area contributed by atoms with Gasteiger partial charge in [-0.2, -0.15) is 0 Å². The second-order valence-electron chi connectivity index (χ2n) is 16.5. The summed E-state index contributed by atoms with van der Waals surface area (Å²) >= 11 is 0. The van der Waals surface area contributed by atoms with Crippen LogP contribution in [0.2, 0.25) is 0 Å². The van der Waals surface area contributed by atoms with Crippen LogP contribution >= 0.6 is 15.6 Å². The van der Waals surface area contributed by atoms with Gasteiger partial charge in [0.05, 0.1) is 0 Å². The fourth-order valence-electron chi connectivity index (χ4n) is 7.60. The van der Waals surface area contributed by atoms with Gasteiger partial charge in [-0.1, -0.05) is 109 Å². The van der Waals surface area contributed by atoms with E-state index in [9.17, 15) is 9.13 Å². The Morgan fingerprint density at radius 2 is 0.667 bits per heavy atom. The normalized spacial score (nSPS) is 13.1. The quantitative estimate of drug-likeness (QED) is 0.0944. The molecule has 0 fully saturated rings. The van der Waals surface area contributed by atoms with Gasteiger partial charge in [0.25, 0.3) is 0 Å². The summed E-state index contributed by atoms with van der Waals surface area (Å²) in [5.74, 6) is 1.68. The smallest absolute Gasteiger partial charge is 0.395 e. The van der Waals surface area contributed by atoms with Crippen molar-refractivity contribution in [3.05, 3.63) is 177 Å². The number of aryl methyl sites for hydroxylation is 8. The first kappa shape index (κ1) is 44.5. The number of rotatable bonds is 15. The molecule has 6 aromatic rings. The molecule has 1 unspecified atom stereocenters. The molecule has 0 aliphatic rings. The van der Waals surface area contributed by atoms with Crippen molar-refractivity contribution >= 4 is 15.6 Å². The molecule has 8 nitrogen and oxygen atoms in total. The van der Waals surface area contributed by atoms with E-state index >= 15 is 0 Å². The molecule has 0 saturated heterocycles. The minimum Gasteiger partial charge on any atom is -0.395 e. The predicted octanol–water partition coefficient (Wildman–Crippen LogP) is 14.9. The summed E-state index contributed by atoms with van der Waals surface area (Å²) in [6, 6.07) is 38.2. The number of hydrogen-bond acceptors (Lipinski definition) is 8. The lowest BCUT2D eigenvalue weighted by Gasteiger charge is -2.32. The van der Waals surface area contributed by atoms with E-state index in [0.29, 0.717) is 23.0 Å². The minimum atomic E-state index is -4.29. The highest BCUT2D eigenvalue weighted by Gasteiger charge is 2.42. The van der Waals surface area contributed by atoms with Crippen molar-refractivity contribution < 1.29 is 36.3 Å². The second kappa shape index (κ2) is 17.5. The van der Waals surface area contributed by atoms with Crippen LogP contribution in [0.25, 0.3) is 11.1 Å². The van der Waals surface area contributed by atoms with Crippen molar-refractivity contribution in [2.75, 3.05) is 0 Å². The van der Waals surface area contributed by atoms with Crippen molar-refractivity contribution in [3.8, 4) is 34.1 Å². The molecule has 6 rings (SSSR count). The van der Waals surface area contributed by atoms with E-state index in [1.807, 2.05) is 192 Å². The largest absolute Gasteiger partial charge is 0.588 e. The van der Waals surface area contributed by atoms with Crippen LogP contribution in [-0.4, -0.2) is 0 Å². The van der Waals surface area contributed by atoms with Gasteiger partial charge in [0, 0.05) is 0 Å². The fourth-order valence-corrected chi connectivity index (χ4v) is 11.1. The van der Waals surface area contributed by atoms with Gasteiger partial charge in [-0.25, -0.2) is 9.13 Å². The van der Waals surface area contributed by atoms with Crippen molar-refractivity contribution in [1.29, 1.82) is 0 Å². The van der Waals surface area contributed by atoms with Gasteiger partial charge in [-0.3, -0.25) is 9.05 Å². The van der Waals surface area contributed by atoms with E-state index in [1.54, 1.807) is 12.1 Å². The Labute approximate surface area is 356 Å². The van der Waals surface area contributed by atoms with Crippen LogP contribution in [0.5, 0.6) is 23.0 Å². The number of benzene rings is 6. The molecule has 0 heterocycles. The molecule has 0 aliphatic heterocycles. The Morgan fingerprint density at radius 1 is 0.367 bits per heavy atom. The SMILES string of the molecule is Cc1cccc(C)c1OP(=O)(Oc1c(C)cccc1C)OC(C)(C)c1ccc(-c2ccc(OP(=O)(Oc3c(C)cccc3C)OC(C)(C)c3c(C)cccc3C)cc2)cc1. The molecule has 0 N–H and O–H groups in total. The number of hydrogen-bond donors (Lipinski definition) is 0. The highest BCUT2D eigenvalue weighted by atomic mass is 31.2. The third-order valence-corrected chi connectivity index (χ3v) is 13.6. The maximum atomic E-state index is 14.8. The van der Waals surface area contributed by atoms with E-state index < -0.39 is 26.8 Å². The highest BCUT2D eigenvalue weighted by molar-refractivity contribution is 7.49. The maximum absolute atomic E-state index is 14.8. The molecule has 0 radical (unpaired) electrons. The maximum Gasteiger partial charge on any atom is 0.588 e. The molecule has 0 spiro atoms. The van der Waals surface area contributed by atoms with E-state index in [1.165, 1.54) is 0 Å².